The lowest BCUT2D eigenvalue weighted by atomic mass is 10.1. The van der Waals surface area contributed by atoms with Crippen LogP contribution in [-0.4, -0.2) is 52.2 Å². The van der Waals surface area contributed by atoms with Crippen LogP contribution in [0.2, 0.25) is 0 Å². The molecule has 2 aliphatic heterocycles. The number of ether oxygens (including phenoxy) is 5. The molecule has 0 atom stereocenters. The van der Waals surface area contributed by atoms with E-state index < -0.39 is 11.9 Å². The quantitative estimate of drug-likeness (QED) is 0.698. The minimum atomic E-state index is -0.719. The average molecular weight is 440 g/mol. The molecule has 0 saturated carbocycles. The van der Waals surface area contributed by atoms with E-state index in [1.165, 1.54) is 19.1 Å². The number of nitrogens with one attached hydrogen (secondary N) is 1. The Morgan fingerprint density at radius 2 is 1.75 bits per heavy atom. The van der Waals surface area contributed by atoms with Crippen LogP contribution in [0.3, 0.4) is 0 Å². The van der Waals surface area contributed by atoms with Crippen LogP contribution in [0.5, 0.6) is 11.5 Å². The fourth-order valence-corrected chi connectivity index (χ4v) is 3.34. The third kappa shape index (κ3) is 4.08. The Bertz CT molecular complexity index is 1110. The Labute approximate surface area is 183 Å². The fourth-order valence-electron chi connectivity index (χ4n) is 3.34. The summed E-state index contributed by atoms with van der Waals surface area (Å²) in [6.07, 6.45) is 0. The van der Waals surface area contributed by atoms with E-state index in [1.54, 1.807) is 42.5 Å². The van der Waals surface area contributed by atoms with E-state index in [0.29, 0.717) is 28.4 Å². The number of esters is 2. The summed E-state index contributed by atoms with van der Waals surface area (Å²) in [4.78, 5) is 38.9. The summed E-state index contributed by atoms with van der Waals surface area (Å²) < 4.78 is 25.7. The van der Waals surface area contributed by atoms with Crippen molar-refractivity contribution >= 4 is 29.2 Å². The second-order valence-electron chi connectivity index (χ2n) is 6.79. The van der Waals surface area contributed by atoms with E-state index in [4.69, 9.17) is 23.7 Å². The Kier molecular flexibility index (Phi) is 5.95. The van der Waals surface area contributed by atoms with Crippen molar-refractivity contribution in [1.29, 1.82) is 0 Å². The molecule has 0 aromatic heterocycles. The summed E-state index contributed by atoms with van der Waals surface area (Å²) in [7, 11) is 2.43. The Morgan fingerprint density at radius 3 is 2.53 bits per heavy atom. The highest BCUT2D eigenvalue weighted by molar-refractivity contribution is 6.06. The lowest BCUT2D eigenvalue weighted by Crippen LogP contribution is -2.38. The molecule has 4 rings (SSSR count). The number of fused-ring (bicyclic) bond motifs is 1. The zero-order valence-corrected chi connectivity index (χ0v) is 17.4. The Balaban J connectivity index is 1.62. The summed E-state index contributed by atoms with van der Waals surface area (Å²) in [6, 6.07) is 11.6. The maximum absolute atomic E-state index is 12.8. The first-order valence-corrected chi connectivity index (χ1v) is 9.58. The van der Waals surface area contributed by atoms with Crippen molar-refractivity contribution in [3.8, 4) is 11.5 Å². The van der Waals surface area contributed by atoms with Gasteiger partial charge in [-0.2, -0.15) is 0 Å². The molecule has 0 aliphatic carbocycles. The molecule has 32 heavy (non-hydrogen) atoms. The van der Waals surface area contributed by atoms with Crippen LogP contribution < -0.4 is 19.7 Å². The zero-order valence-electron chi connectivity index (χ0n) is 17.4. The molecule has 10 nitrogen and oxygen atoms in total. The summed E-state index contributed by atoms with van der Waals surface area (Å²) in [5, 5.41) is 2.80. The molecular formula is C22H20N2O8. The molecule has 0 fully saturated rings. The van der Waals surface area contributed by atoms with Crippen molar-refractivity contribution in [1.82, 2.24) is 0 Å². The summed E-state index contributed by atoms with van der Waals surface area (Å²) >= 11 is 0. The number of methoxy groups -OCH3 is 2. The highest BCUT2D eigenvalue weighted by Crippen LogP contribution is 2.34. The van der Waals surface area contributed by atoms with E-state index in [1.807, 2.05) is 0 Å². The highest BCUT2D eigenvalue weighted by atomic mass is 16.7. The average Bonchev–Trinajstić information content (AvgIpc) is 3.30. The van der Waals surface area contributed by atoms with E-state index in [2.05, 4.69) is 5.32 Å². The van der Waals surface area contributed by atoms with E-state index in [9.17, 15) is 14.4 Å². The molecule has 1 N–H and O–H groups in total. The van der Waals surface area contributed by atoms with Crippen molar-refractivity contribution in [2.24, 2.45) is 0 Å². The Morgan fingerprint density at radius 1 is 0.969 bits per heavy atom. The molecule has 10 heteroatoms. The predicted octanol–water partition coefficient (Wildman–Crippen LogP) is 2.06. The van der Waals surface area contributed by atoms with Crippen LogP contribution in [0.15, 0.2) is 53.7 Å². The van der Waals surface area contributed by atoms with Crippen LogP contribution >= 0.6 is 0 Å². The smallest absolute Gasteiger partial charge is 0.355 e. The van der Waals surface area contributed by atoms with Gasteiger partial charge in [0.15, 0.2) is 11.5 Å². The largest absolute Gasteiger partial charge is 0.466 e. The van der Waals surface area contributed by atoms with Gasteiger partial charge in [0.2, 0.25) is 6.79 Å². The second-order valence-corrected chi connectivity index (χ2v) is 6.79. The monoisotopic (exact) mass is 440 g/mol. The number of anilines is 2. The van der Waals surface area contributed by atoms with Gasteiger partial charge in [-0.15, -0.1) is 0 Å². The molecular weight excluding hydrogens is 420 g/mol. The number of hydrogen-bond donors (Lipinski definition) is 1. The minimum absolute atomic E-state index is 0.000992. The number of nitrogens with zero attached hydrogens (tertiary/aromatic N) is 1. The molecule has 1 amide bonds. The summed E-state index contributed by atoms with van der Waals surface area (Å²) in [6.45, 7) is 0.0202. The molecule has 0 spiro atoms. The zero-order chi connectivity index (χ0) is 22.7. The fraction of sp³-hybridized carbons (Fsp3) is 0.227. The third-order valence-electron chi connectivity index (χ3n) is 4.88. The number of amides is 1. The first kappa shape index (κ1) is 21.2. The SMILES string of the molecule is COC(=O)C1=C(C(=O)OC)N(c2cccc(C(=O)Nc3ccc4c(c3)OCO4)c2)COC1. The summed E-state index contributed by atoms with van der Waals surface area (Å²) in [5.74, 6) is -0.639. The normalized spacial score (nSPS) is 14.8. The second kappa shape index (κ2) is 8.98. The van der Waals surface area contributed by atoms with Gasteiger partial charge in [0.05, 0.1) is 26.4 Å². The van der Waals surface area contributed by atoms with Crippen molar-refractivity contribution in [2.75, 3.05) is 44.6 Å². The molecule has 2 aromatic rings. The first-order chi connectivity index (χ1) is 15.5. The van der Waals surface area contributed by atoms with Crippen LogP contribution in [-0.2, 0) is 23.8 Å². The van der Waals surface area contributed by atoms with Gasteiger partial charge in [-0.1, -0.05) is 6.07 Å². The number of benzene rings is 2. The molecule has 0 bridgehead atoms. The first-order valence-electron chi connectivity index (χ1n) is 9.58. The van der Waals surface area contributed by atoms with Crippen molar-refractivity contribution in [3.63, 3.8) is 0 Å². The standard InChI is InChI=1S/C22H20N2O8/c1-28-21(26)16-10-30-11-24(19(16)22(27)29-2)15-5-3-4-13(8-15)20(25)23-14-6-7-17-18(9-14)32-12-31-17/h3-9H,10-12H2,1-2H3,(H,23,25). The van der Waals surface area contributed by atoms with Gasteiger partial charge < -0.3 is 33.9 Å². The third-order valence-corrected chi connectivity index (χ3v) is 4.88. The van der Waals surface area contributed by atoms with Crippen LogP contribution in [0, 0.1) is 0 Å². The molecule has 0 radical (unpaired) electrons. The molecule has 2 aromatic carbocycles. The van der Waals surface area contributed by atoms with Gasteiger partial charge in [0.1, 0.15) is 12.4 Å². The number of carbonyl (C=O) groups is 3. The minimum Gasteiger partial charge on any atom is -0.466 e. The predicted molar refractivity (Wildman–Crippen MR) is 111 cm³/mol. The van der Waals surface area contributed by atoms with Crippen LogP contribution in [0.1, 0.15) is 10.4 Å². The maximum atomic E-state index is 12.8. The van der Waals surface area contributed by atoms with Gasteiger partial charge in [-0.3, -0.25) is 4.79 Å². The molecule has 2 heterocycles. The highest BCUT2D eigenvalue weighted by Gasteiger charge is 2.32. The number of carbonyl (C=O) groups excluding carboxylic acids is 3. The number of hydrogen-bond acceptors (Lipinski definition) is 9. The topological polar surface area (TPSA) is 113 Å². The Hall–Kier alpha value is -4.05. The van der Waals surface area contributed by atoms with Gasteiger partial charge in [0, 0.05) is 23.0 Å². The lowest BCUT2D eigenvalue weighted by Gasteiger charge is -2.31. The van der Waals surface area contributed by atoms with E-state index in [-0.39, 0.29) is 37.3 Å². The molecule has 0 unspecified atom stereocenters. The molecule has 0 saturated heterocycles. The van der Waals surface area contributed by atoms with E-state index >= 15 is 0 Å². The van der Waals surface area contributed by atoms with Gasteiger partial charge >= 0.3 is 11.9 Å². The van der Waals surface area contributed by atoms with Gasteiger partial charge in [-0.25, -0.2) is 9.59 Å². The van der Waals surface area contributed by atoms with Crippen LogP contribution in [0.4, 0.5) is 11.4 Å². The summed E-state index contributed by atoms with van der Waals surface area (Å²) in [5.41, 5.74) is 1.35. The lowest BCUT2D eigenvalue weighted by molar-refractivity contribution is -0.140. The van der Waals surface area contributed by atoms with E-state index in [0.717, 1.165) is 0 Å². The van der Waals surface area contributed by atoms with Crippen molar-refractivity contribution in [3.05, 3.63) is 59.3 Å². The molecule has 166 valence electrons. The van der Waals surface area contributed by atoms with Crippen molar-refractivity contribution < 1.29 is 38.1 Å². The maximum Gasteiger partial charge on any atom is 0.355 e. The van der Waals surface area contributed by atoms with Gasteiger partial charge in [-0.05, 0) is 30.3 Å². The van der Waals surface area contributed by atoms with Crippen molar-refractivity contribution in [2.45, 2.75) is 0 Å². The van der Waals surface area contributed by atoms with Crippen LogP contribution in [0.25, 0.3) is 0 Å². The van der Waals surface area contributed by atoms with Gasteiger partial charge in [0.25, 0.3) is 5.91 Å². The molecule has 2 aliphatic rings. The number of rotatable bonds is 5.